The summed E-state index contributed by atoms with van der Waals surface area (Å²) in [6.07, 6.45) is 4.87. The fraction of sp³-hybridized carbons (Fsp3) is 0.900. The Morgan fingerprint density at radius 2 is 2.14 bits per heavy atom. The van der Waals surface area contributed by atoms with Gasteiger partial charge in [-0.2, -0.15) is 0 Å². The van der Waals surface area contributed by atoms with E-state index in [0.717, 1.165) is 12.8 Å². The predicted octanol–water partition coefficient (Wildman–Crippen LogP) is 0.115. The molecule has 4 nitrogen and oxygen atoms in total. The van der Waals surface area contributed by atoms with Crippen molar-refractivity contribution in [2.45, 2.75) is 37.8 Å². The van der Waals surface area contributed by atoms with Gasteiger partial charge in [-0.15, -0.1) is 0 Å². The number of rotatable bonds is 2. The Morgan fingerprint density at radius 3 is 2.79 bits per heavy atom. The number of hydrogen-bond donors (Lipinski definition) is 1. The molecule has 0 aromatic carbocycles. The van der Waals surface area contributed by atoms with Crippen molar-refractivity contribution in [3.63, 3.8) is 0 Å². The summed E-state index contributed by atoms with van der Waals surface area (Å²) < 4.78 is 5.31. The van der Waals surface area contributed by atoms with Gasteiger partial charge in [0.15, 0.2) is 0 Å². The molecule has 1 saturated heterocycles. The fourth-order valence-corrected chi connectivity index (χ4v) is 2.36. The predicted molar refractivity (Wildman–Crippen MR) is 52.8 cm³/mol. The van der Waals surface area contributed by atoms with Gasteiger partial charge in [0.25, 0.3) is 0 Å². The summed E-state index contributed by atoms with van der Waals surface area (Å²) in [5.74, 6) is 0.140. The SMILES string of the molecule is NCC1CN(C2CCCC2)C(=O)CO1. The van der Waals surface area contributed by atoms with Crippen molar-refractivity contribution in [3.8, 4) is 0 Å². The summed E-state index contributed by atoms with van der Waals surface area (Å²) in [5.41, 5.74) is 5.55. The highest BCUT2D eigenvalue weighted by molar-refractivity contribution is 5.78. The molecule has 0 aromatic heterocycles. The van der Waals surface area contributed by atoms with Crippen molar-refractivity contribution in [2.24, 2.45) is 5.73 Å². The Hall–Kier alpha value is -0.610. The molecule has 1 atom stereocenters. The summed E-state index contributed by atoms with van der Waals surface area (Å²) in [4.78, 5) is 13.6. The number of carbonyl (C=O) groups excluding carboxylic acids is 1. The molecule has 1 saturated carbocycles. The first-order chi connectivity index (χ1) is 6.81. The van der Waals surface area contributed by atoms with E-state index in [4.69, 9.17) is 10.5 Å². The summed E-state index contributed by atoms with van der Waals surface area (Å²) in [7, 11) is 0. The molecule has 2 aliphatic rings. The lowest BCUT2D eigenvalue weighted by atomic mass is 10.1. The number of nitrogens with zero attached hydrogens (tertiary/aromatic N) is 1. The van der Waals surface area contributed by atoms with Gasteiger partial charge in [-0.05, 0) is 12.8 Å². The quantitative estimate of drug-likeness (QED) is 0.685. The third-order valence-corrected chi connectivity index (χ3v) is 3.19. The molecule has 14 heavy (non-hydrogen) atoms. The molecule has 0 aromatic rings. The normalized spacial score (nSPS) is 29.9. The van der Waals surface area contributed by atoms with Crippen molar-refractivity contribution in [1.29, 1.82) is 0 Å². The van der Waals surface area contributed by atoms with Gasteiger partial charge in [0.1, 0.15) is 6.61 Å². The highest BCUT2D eigenvalue weighted by Crippen LogP contribution is 2.25. The number of amides is 1. The smallest absolute Gasteiger partial charge is 0.248 e. The van der Waals surface area contributed by atoms with Crippen molar-refractivity contribution < 1.29 is 9.53 Å². The van der Waals surface area contributed by atoms with E-state index in [-0.39, 0.29) is 18.6 Å². The molecule has 2 rings (SSSR count). The number of carbonyl (C=O) groups is 1. The van der Waals surface area contributed by atoms with Gasteiger partial charge in [-0.1, -0.05) is 12.8 Å². The van der Waals surface area contributed by atoms with E-state index in [1.807, 2.05) is 4.90 Å². The second kappa shape index (κ2) is 4.28. The lowest BCUT2D eigenvalue weighted by Gasteiger charge is -2.36. The topological polar surface area (TPSA) is 55.6 Å². The van der Waals surface area contributed by atoms with Gasteiger partial charge < -0.3 is 15.4 Å². The molecule has 1 heterocycles. The number of ether oxygens (including phenoxy) is 1. The molecule has 1 aliphatic carbocycles. The van der Waals surface area contributed by atoms with E-state index in [9.17, 15) is 4.79 Å². The van der Waals surface area contributed by atoms with E-state index in [1.165, 1.54) is 12.8 Å². The van der Waals surface area contributed by atoms with Crippen molar-refractivity contribution in [1.82, 2.24) is 4.90 Å². The molecular weight excluding hydrogens is 180 g/mol. The van der Waals surface area contributed by atoms with Crippen LogP contribution in [-0.2, 0) is 9.53 Å². The minimum absolute atomic E-state index is 0.0494. The zero-order valence-electron chi connectivity index (χ0n) is 8.45. The first kappa shape index (κ1) is 9.93. The first-order valence-corrected chi connectivity index (χ1v) is 5.42. The highest BCUT2D eigenvalue weighted by atomic mass is 16.5. The molecule has 1 unspecified atom stereocenters. The molecule has 0 bridgehead atoms. The van der Waals surface area contributed by atoms with Crippen LogP contribution < -0.4 is 5.73 Å². The standard InChI is InChI=1S/C10H18N2O2/c11-5-9-6-12(10(13)7-14-9)8-3-1-2-4-8/h8-9H,1-7,11H2. The summed E-state index contributed by atoms with van der Waals surface area (Å²) in [6, 6.07) is 0.459. The zero-order valence-corrected chi connectivity index (χ0v) is 8.45. The molecular formula is C10H18N2O2. The maximum Gasteiger partial charge on any atom is 0.248 e. The average molecular weight is 198 g/mol. The summed E-state index contributed by atoms with van der Waals surface area (Å²) in [6.45, 7) is 1.43. The third-order valence-electron chi connectivity index (χ3n) is 3.19. The van der Waals surface area contributed by atoms with Crippen molar-refractivity contribution in [3.05, 3.63) is 0 Å². The third kappa shape index (κ3) is 1.91. The second-order valence-corrected chi connectivity index (χ2v) is 4.15. The van der Waals surface area contributed by atoms with Gasteiger partial charge in [0.2, 0.25) is 5.91 Å². The van der Waals surface area contributed by atoms with Crippen LogP contribution >= 0.6 is 0 Å². The van der Waals surface area contributed by atoms with Gasteiger partial charge in [0.05, 0.1) is 6.10 Å². The molecule has 80 valence electrons. The Labute approximate surface area is 84.4 Å². The van der Waals surface area contributed by atoms with Gasteiger partial charge >= 0.3 is 0 Å². The van der Waals surface area contributed by atoms with Gasteiger partial charge in [-0.3, -0.25) is 4.79 Å². The second-order valence-electron chi connectivity index (χ2n) is 4.15. The summed E-state index contributed by atoms with van der Waals surface area (Å²) in [5, 5.41) is 0. The number of hydrogen-bond acceptors (Lipinski definition) is 3. The van der Waals surface area contributed by atoms with Crippen LogP contribution in [0.5, 0.6) is 0 Å². The lowest BCUT2D eigenvalue weighted by molar-refractivity contribution is -0.151. The Morgan fingerprint density at radius 1 is 1.43 bits per heavy atom. The number of morpholine rings is 1. The Balaban J connectivity index is 1.96. The van der Waals surface area contributed by atoms with Gasteiger partial charge in [-0.25, -0.2) is 0 Å². The molecule has 0 spiro atoms. The molecule has 2 fully saturated rings. The van der Waals surface area contributed by atoms with E-state index < -0.39 is 0 Å². The largest absolute Gasteiger partial charge is 0.365 e. The highest BCUT2D eigenvalue weighted by Gasteiger charge is 2.32. The van der Waals surface area contributed by atoms with Crippen LogP contribution in [-0.4, -0.2) is 42.6 Å². The van der Waals surface area contributed by atoms with Crippen LogP contribution in [0.4, 0.5) is 0 Å². The first-order valence-electron chi connectivity index (χ1n) is 5.42. The van der Waals surface area contributed by atoms with Crippen LogP contribution in [0.25, 0.3) is 0 Å². The van der Waals surface area contributed by atoms with E-state index in [0.29, 0.717) is 19.1 Å². The van der Waals surface area contributed by atoms with E-state index in [2.05, 4.69) is 0 Å². The maximum atomic E-state index is 11.6. The van der Waals surface area contributed by atoms with Crippen LogP contribution in [0.1, 0.15) is 25.7 Å². The minimum Gasteiger partial charge on any atom is -0.365 e. The fourth-order valence-electron chi connectivity index (χ4n) is 2.36. The zero-order chi connectivity index (χ0) is 9.97. The maximum absolute atomic E-state index is 11.6. The van der Waals surface area contributed by atoms with Crippen LogP contribution in [0.3, 0.4) is 0 Å². The minimum atomic E-state index is 0.0494. The Bertz CT molecular complexity index is 214. The molecule has 1 aliphatic heterocycles. The number of nitrogens with two attached hydrogens (primary N) is 1. The van der Waals surface area contributed by atoms with Gasteiger partial charge in [0, 0.05) is 19.1 Å². The summed E-state index contributed by atoms with van der Waals surface area (Å²) >= 11 is 0. The monoisotopic (exact) mass is 198 g/mol. The Kier molecular flexibility index (Phi) is 3.03. The van der Waals surface area contributed by atoms with Crippen LogP contribution in [0.15, 0.2) is 0 Å². The molecule has 2 N–H and O–H groups in total. The average Bonchev–Trinajstić information content (AvgIpc) is 2.71. The van der Waals surface area contributed by atoms with Crippen LogP contribution in [0, 0.1) is 0 Å². The van der Waals surface area contributed by atoms with Crippen molar-refractivity contribution >= 4 is 5.91 Å². The van der Waals surface area contributed by atoms with Crippen molar-refractivity contribution in [2.75, 3.05) is 19.7 Å². The molecule has 4 heteroatoms. The molecule has 1 amide bonds. The van der Waals surface area contributed by atoms with E-state index in [1.54, 1.807) is 0 Å². The van der Waals surface area contributed by atoms with Crippen LogP contribution in [0.2, 0.25) is 0 Å². The van der Waals surface area contributed by atoms with E-state index >= 15 is 0 Å². The molecule has 0 radical (unpaired) electrons. The lowest BCUT2D eigenvalue weighted by Crippen LogP contribution is -2.52.